The van der Waals surface area contributed by atoms with Crippen LogP contribution in [-0.2, 0) is 6.42 Å². The number of nitrogens with one attached hydrogen (secondary N) is 1. The fraction of sp³-hybridized carbons (Fsp3) is 0.250. The van der Waals surface area contributed by atoms with E-state index in [0.717, 1.165) is 5.56 Å². The lowest BCUT2D eigenvalue weighted by atomic mass is 10.0. The Morgan fingerprint density at radius 3 is 2.52 bits per heavy atom. The van der Waals surface area contributed by atoms with Crippen LogP contribution in [-0.4, -0.2) is 17.0 Å². The number of rotatable bonds is 4. The van der Waals surface area contributed by atoms with Gasteiger partial charge in [0.2, 0.25) is 0 Å². The number of furan rings is 1. The molecule has 0 bridgehead atoms. The molecule has 0 fully saturated rings. The molecule has 21 heavy (non-hydrogen) atoms. The number of hydrogen-bond donors (Lipinski definition) is 2. The van der Waals surface area contributed by atoms with Crippen molar-refractivity contribution < 1.29 is 19.1 Å². The van der Waals surface area contributed by atoms with Gasteiger partial charge in [0.05, 0.1) is 17.4 Å². The summed E-state index contributed by atoms with van der Waals surface area (Å²) < 4.78 is 5.23. The standard InChI is InChI=1S/C16H17NO4/c1-4-14-11(5-6-21-14)15(18)17-13-8-12(16(19)20)9(2)7-10(13)3/h5-8H,4H2,1-3H3,(H,17,18)(H,19,20). The number of carboxylic acids is 1. The van der Waals surface area contributed by atoms with Crippen LogP contribution in [0.5, 0.6) is 0 Å². The first kappa shape index (κ1) is 14.8. The quantitative estimate of drug-likeness (QED) is 0.903. The Morgan fingerprint density at radius 2 is 1.90 bits per heavy atom. The maximum atomic E-state index is 12.3. The highest BCUT2D eigenvalue weighted by atomic mass is 16.4. The van der Waals surface area contributed by atoms with Crippen LogP contribution in [0.4, 0.5) is 5.69 Å². The van der Waals surface area contributed by atoms with Crippen LogP contribution in [0.2, 0.25) is 0 Å². The molecule has 0 spiro atoms. The average molecular weight is 287 g/mol. The molecule has 0 aliphatic rings. The van der Waals surface area contributed by atoms with Gasteiger partial charge in [-0.1, -0.05) is 13.0 Å². The van der Waals surface area contributed by atoms with Crippen LogP contribution in [0.25, 0.3) is 0 Å². The number of amides is 1. The maximum absolute atomic E-state index is 12.3. The summed E-state index contributed by atoms with van der Waals surface area (Å²) in [6, 6.07) is 4.83. The number of aryl methyl sites for hydroxylation is 3. The van der Waals surface area contributed by atoms with E-state index in [1.165, 1.54) is 12.3 Å². The van der Waals surface area contributed by atoms with E-state index in [-0.39, 0.29) is 11.5 Å². The molecule has 1 heterocycles. The minimum absolute atomic E-state index is 0.179. The molecule has 0 aliphatic heterocycles. The molecule has 1 aromatic heterocycles. The van der Waals surface area contributed by atoms with Gasteiger partial charge >= 0.3 is 5.97 Å². The van der Waals surface area contributed by atoms with Crippen LogP contribution in [0.1, 0.15) is 44.5 Å². The van der Waals surface area contributed by atoms with Gasteiger partial charge in [0, 0.05) is 12.1 Å². The molecule has 0 radical (unpaired) electrons. The summed E-state index contributed by atoms with van der Waals surface area (Å²) >= 11 is 0. The number of carbonyl (C=O) groups is 2. The highest BCUT2D eigenvalue weighted by Crippen LogP contribution is 2.22. The largest absolute Gasteiger partial charge is 0.478 e. The third kappa shape index (κ3) is 2.97. The van der Waals surface area contributed by atoms with E-state index in [1.54, 1.807) is 19.1 Å². The van der Waals surface area contributed by atoms with Crippen LogP contribution < -0.4 is 5.32 Å². The molecule has 0 atom stereocenters. The lowest BCUT2D eigenvalue weighted by Crippen LogP contribution is -2.14. The SMILES string of the molecule is CCc1occc1C(=O)Nc1cc(C(=O)O)c(C)cc1C. The number of benzene rings is 1. The third-order valence-corrected chi connectivity index (χ3v) is 3.36. The van der Waals surface area contributed by atoms with E-state index in [4.69, 9.17) is 9.52 Å². The molecule has 2 aromatic rings. The van der Waals surface area contributed by atoms with Gasteiger partial charge in [-0.05, 0) is 37.1 Å². The van der Waals surface area contributed by atoms with Gasteiger partial charge in [0.15, 0.2) is 0 Å². The zero-order valence-electron chi connectivity index (χ0n) is 12.2. The topological polar surface area (TPSA) is 79.5 Å². The number of hydrogen-bond acceptors (Lipinski definition) is 3. The van der Waals surface area contributed by atoms with Gasteiger partial charge in [-0.3, -0.25) is 4.79 Å². The summed E-state index contributed by atoms with van der Waals surface area (Å²) in [6.45, 7) is 5.45. The van der Waals surface area contributed by atoms with Crippen molar-refractivity contribution in [2.45, 2.75) is 27.2 Å². The molecule has 0 aliphatic carbocycles. The van der Waals surface area contributed by atoms with Crippen molar-refractivity contribution in [2.24, 2.45) is 0 Å². The molecule has 0 unspecified atom stereocenters. The van der Waals surface area contributed by atoms with Crippen molar-refractivity contribution in [3.05, 3.63) is 52.5 Å². The monoisotopic (exact) mass is 287 g/mol. The zero-order valence-corrected chi connectivity index (χ0v) is 12.2. The second-order valence-electron chi connectivity index (χ2n) is 4.85. The molecule has 1 aromatic carbocycles. The van der Waals surface area contributed by atoms with Crippen molar-refractivity contribution in [1.82, 2.24) is 0 Å². The second kappa shape index (κ2) is 5.83. The molecule has 2 N–H and O–H groups in total. The Bertz CT molecular complexity index is 700. The fourth-order valence-electron chi connectivity index (χ4n) is 2.22. The van der Waals surface area contributed by atoms with Crippen molar-refractivity contribution in [3.63, 3.8) is 0 Å². The third-order valence-electron chi connectivity index (χ3n) is 3.36. The summed E-state index contributed by atoms with van der Waals surface area (Å²) in [6.07, 6.45) is 2.08. The van der Waals surface area contributed by atoms with E-state index in [9.17, 15) is 9.59 Å². The van der Waals surface area contributed by atoms with Crippen molar-refractivity contribution in [3.8, 4) is 0 Å². The van der Waals surface area contributed by atoms with E-state index in [2.05, 4.69) is 5.32 Å². The Hall–Kier alpha value is -2.56. The minimum Gasteiger partial charge on any atom is -0.478 e. The molecule has 110 valence electrons. The summed E-state index contributed by atoms with van der Waals surface area (Å²) in [5.41, 5.74) is 2.61. The summed E-state index contributed by atoms with van der Waals surface area (Å²) in [5, 5.41) is 11.9. The second-order valence-corrected chi connectivity index (χ2v) is 4.85. The summed E-state index contributed by atoms with van der Waals surface area (Å²) in [7, 11) is 0. The maximum Gasteiger partial charge on any atom is 0.336 e. The average Bonchev–Trinajstić information content (AvgIpc) is 2.89. The number of aromatic carboxylic acids is 1. The predicted molar refractivity (Wildman–Crippen MR) is 78.9 cm³/mol. The van der Waals surface area contributed by atoms with Crippen molar-refractivity contribution in [1.29, 1.82) is 0 Å². The number of carbonyl (C=O) groups excluding carboxylic acids is 1. The van der Waals surface area contributed by atoms with Crippen LogP contribution >= 0.6 is 0 Å². The van der Waals surface area contributed by atoms with E-state index in [0.29, 0.717) is 29.0 Å². The Labute approximate surface area is 122 Å². The lowest BCUT2D eigenvalue weighted by molar-refractivity contribution is 0.0695. The van der Waals surface area contributed by atoms with Crippen LogP contribution in [0.15, 0.2) is 28.9 Å². The first-order chi connectivity index (χ1) is 9.93. The van der Waals surface area contributed by atoms with Gasteiger partial charge in [0.1, 0.15) is 5.76 Å². The van der Waals surface area contributed by atoms with Gasteiger partial charge in [-0.25, -0.2) is 4.79 Å². The molecule has 5 nitrogen and oxygen atoms in total. The predicted octanol–water partition coefficient (Wildman–Crippen LogP) is 3.41. The molecule has 1 amide bonds. The van der Waals surface area contributed by atoms with Crippen LogP contribution in [0, 0.1) is 13.8 Å². The van der Waals surface area contributed by atoms with Gasteiger partial charge in [0.25, 0.3) is 5.91 Å². The Balaban J connectivity index is 2.33. The Morgan fingerprint density at radius 1 is 1.19 bits per heavy atom. The lowest BCUT2D eigenvalue weighted by Gasteiger charge is -2.11. The number of carboxylic acid groups (broad SMARTS) is 1. The van der Waals surface area contributed by atoms with E-state index in [1.807, 2.05) is 13.8 Å². The number of anilines is 1. The van der Waals surface area contributed by atoms with E-state index < -0.39 is 5.97 Å². The van der Waals surface area contributed by atoms with Crippen LogP contribution in [0.3, 0.4) is 0 Å². The summed E-state index contributed by atoms with van der Waals surface area (Å²) in [5.74, 6) is -0.708. The molecule has 5 heteroatoms. The van der Waals surface area contributed by atoms with E-state index >= 15 is 0 Å². The van der Waals surface area contributed by atoms with Crippen molar-refractivity contribution in [2.75, 3.05) is 5.32 Å². The fourth-order valence-corrected chi connectivity index (χ4v) is 2.22. The highest BCUT2D eigenvalue weighted by molar-refractivity contribution is 6.06. The van der Waals surface area contributed by atoms with Gasteiger partial charge in [-0.15, -0.1) is 0 Å². The van der Waals surface area contributed by atoms with Gasteiger partial charge < -0.3 is 14.8 Å². The van der Waals surface area contributed by atoms with Gasteiger partial charge in [-0.2, -0.15) is 0 Å². The molecular formula is C16H17NO4. The normalized spacial score (nSPS) is 10.4. The molecule has 2 rings (SSSR count). The first-order valence-electron chi connectivity index (χ1n) is 6.66. The Kier molecular flexibility index (Phi) is 4.12. The van der Waals surface area contributed by atoms with Crippen molar-refractivity contribution >= 4 is 17.6 Å². The minimum atomic E-state index is -1.01. The molecule has 0 saturated carbocycles. The summed E-state index contributed by atoms with van der Waals surface area (Å²) in [4.78, 5) is 23.4. The first-order valence-corrected chi connectivity index (χ1v) is 6.66. The zero-order chi connectivity index (χ0) is 15.6. The molecule has 0 saturated heterocycles. The molecular weight excluding hydrogens is 270 g/mol. The highest BCUT2D eigenvalue weighted by Gasteiger charge is 2.16. The smallest absolute Gasteiger partial charge is 0.336 e.